The number of hydrogen-bond acceptors (Lipinski definition) is 4. The van der Waals surface area contributed by atoms with E-state index in [-0.39, 0.29) is 17.3 Å². The molecule has 0 saturated carbocycles. The fraction of sp³-hybridized carbons (Fsp3) is 0.214. The number of nitrogens with one attached hydrogen (secondary N) is 2. The number of rotatable bonds is 6. The van der Waals surface area contributed by atoms with Crippen LogP contribution >= 0.6 is 11.3 Å². The Balaban J connectivity index is 2.16. The van der Waals surface area contributed by atoms with E-state index in [1.807, 2.05) is 17.5 Å². The van der Waals surface area contributed by atoms with Gasteiger partial charge in [0, 0.05) is 23.5 Å². The Morgan fingerprint density at radius 1 is 1.24 bits per heavy atom. The number of carbonyl (C=O) groups is 1. The maximum Gasteiger partial charge on any atom is 0.251 e. The molecular weight excluding hydrogens is 308 g/mol. The monoisotopic (exact) mass is 324 g/mol. The molecule has 2 aromatic rings. The highest BCUT2D eigenvalue weighted by molar-refractivity contribution is 7.89. The Labute approximate surface area is 128 Å². The van der Waals surface area contributed by atoms with Crippen molar-refractivity contribution in [1.82, 2.24) is 10.0 Å². The molecule has 21 heavy (non-hydrogen) atoms. The van der Waals surface area contributed by atoms with E-state index in [0.29, 0.717) is 12.1 Å². The Hall–Kier alpha value is -1.70. The molecule has 7 heteroatoms. The fourth-order valence-electron chi connectivity index (χ4n) is 1.73. The minimum atomic E-state index is -3.63. The van der Waals surface area contributed by atoms with Crippen LogP contribution in [0.25, 0.3) is 0 Å². The largest absolute Gasteiger partial charge is 0.352 e. The molecule has 0 aliphatic carbocycles. The number of hydrogen-bond donors (Lipinski definition) is 2. The number of amides is 1. The van der Waals surface area contributed by atoms with Gasteiger partial charge in [0.25, 0.3) is 5.91 Å². The van der Waals surface area contributed by atoms with Crippen molar-refractivity contribution in [2.75, 3.05) is 6.54 Å². The smallest absolute Gasteiger partial charge is 0.251 e. The summed E-state index contributed by atoms with van der Waals surface area (Å²) in [5.74, 6) is -0.284. The number of benzene rings is 1. The van der Waals surface area contributed by atoms with Gasteiger partial charge in [0.15, 0.2) is 0 Å². The molecular formula is C14H16N2O3S2. The summed E-state index contributed by atoms with van der Waals surface area (Å²) in [6.07, 6.45) is 0. The quantitative estimate of drug-likeness (QED) is 0.853. The maximum atomic E-state index is 12.2. The van der Waals surface area contributed by atoms with Crippen LogP contribution in [-0.2, 0) is 16.6 Å². The van der Waals surface area contributed by atoms with Crippen LogP contribution < -0.4 is 10.0 Å². The average molecular weight is 324 g/mol. The number of thiophene rings is 1. The molecule has 0 fully saturated rings. The van der Waals surface area contributed by atoms with Crippen LogP contribution in [0.1, 0.15) is 22.2 Å². The lowest BCUT2D eigenvalue weighted by atomic mass is 10.2. The predicted molar refractivity (Wildman–Crippen MR) is 82.8 cm³/mol. The topological polar surface area (TPSA) is 75.3 Å². The van der Waals surface area contributed by atoms with Crippen molar-refractivity contribution in [3.63, 3.8) is 0 Å². The summed E-state index contributed by atoms with van der Waals surface area (Å²) < 4.78 is 27.0. The van der Waals surface area contributed by atoms with Crippen molar-refractivity contribution in [2.45, 2.75) is 18.4 Å². The van der Waals surface area contributed by atoms with E-state index in [1.165, 1.54) is 23.5 Å². The summed E-state index contributed by atoms with van der Waals surface area (Å²) in [4.78, 5) is 12.8. The van der Waals surface area contributed by atoms with Gasteiger partial charge < -0.3 is 5.32 Å². The third kappa shape index (κ3) is 4.13. The van der Waals surface area contributed by atoms with Crippen LogP contribution in [-0.4, -0.2) is 20.9 Å². The molecule has 0 spiro atoms. The van der Waals surface area contributed by atoms with Crippen LogP contribution in [0.3, 0.4) is 0 Å². The first-order valence-electron chi connectivity index (χ1n) is 6.43. The Bertz CT molecular complexity index is 710. The van der Waals surface area contributed by atoms with E-state index in [2.05, 4.69) is 10.0 Å². The van der Waals surface area contributed by atoms with Crippen molar-refractivity contribution in [3.05, 3.63) is 52.2 Å². The molecule has 1 amide bonds. The molecule has 0 saturated heterocycles. The van der Waals surface area contributed by atoms with Gasteiger partial charge in [0.1, 0.15) is 0 Å². The molecule has 0 aliphatic heterocycles. The van der Waals surface area contributed by atoms with Crippen molar-refractivity contribution in [3.8, 4) is 0 Å². The lowest BCUT2D eigenvalue weighted by molar-refractivity contribution is 0.0955. The standard InChI is InChI=1S/C14H16N2O3S2/c1-2-15-14(17)11-5-3-7-13(9-11)21(18,19)16-10-12-6-4-8-20-12/h3-9,16H,2,10H2,1H3,(H,15,17). The molecule has 0 bridgehead atoms. The zero-order valence-electron chi connectivity index (χ0n) is 11.5. The van der Waals surface area contributed by atoms with Gasteiger partial charge in [-0.3, -0.25) is 4.79 Å². The Morgan fingerprint density at radius 2 is 2.05 bits per heavy atom. The van der Waals surface area contributed by atoms with E-state index in [0.717, 1.165) is 4.88 Å². The second-order valence-electron chi connectivity index (χ2n) is 4.29. The number of carbonyl (C=O) groups excluding carboxylic acids is 1. The van der Waals surface area contributed by atoms with Crippen molar-refractivity contribution in [1.29, 1.82) is 0 Å². The SMILES string of the molecule is CCNC(=O)c1cccc(S(=O)(=O)NCc2cccs2)c1. The van der Waals surface area contributed by atoms with Gasteiger partial charge in [0.2, 0.25) is 10.0 Å². The lowest BCUT2D eigenvalue weighted by Gasteiger charge is -2.08. The molecule has 0 atom stereocenters. The minimum Gasteiger partial charge on any atom is -0.352 e. The second-order valence-corrected chi connectivity index (χ2v) is 7.09. The zero-order chi connectivity index (χ0) is 15.3. The molecule has 2 rings (SSSR count). The van der Waals surface area contributed by atoms with Crippen LogP contribution in [0.15, 0.2) is 46.7 Å². The van der Waals surface area contributed by atoms with Gasteiger partial charge in [-0.1, -0.05) is 12.1 Å². The highest BCUT2D eigenvalue weighted by atomic mass is 32.2. The van der Waals surface area contributed by atoms with Crippen LogP contribution in [0.4, 0.5) is 0 Å². The van der Waals surface area contributed by atoms with E-state index in [9.17, 15) is 13.2 Å². The summed E-state index contributed by atoms with van der Waals surface area (Å²) in [6.45, 7) is 2.54. The molecule has 2 N–H and O–H groups in total. The van der Waals surface area contributed by atoms with Gasteiger partial charge in [-0.15, -0.1) is 11.3 Å². The van der Waals surface area contributed by atoms with Gasteiger partial charge in [-0.2, -0.15) is 0 Å². The highest BCUT2D eigenvalue weighted by Gasteiger charge is 2.16. The summed E-state index contributed by atoms with van der Waals surface area (Å²) >= 11 is 1.48. The van der Waals surface area contributed by atoms with Gasteiger partial charge >= 0.3 is 0 Å². The van der Waals surface area contributed by atoms with Crippen molar-refractivity contribution >= 4 is 27.3 Å². The number of sulfonamides is 1. The van der Waals surface area contributed by atoms with Crippen molar-refractivity contribution in [2.24, 2.45) is 0 Å². The molecule has 5 nitrogen and oxygen atoms in total. The molecule has 1 aromatic carbocycles. The van der Waals surface area contributed by atoms with Gasteiger partial charge in [-0.05, 0) is 36.6 Å². The highest BCUT2D eigenvalue weighted by Crippen LogP contribution is 2.14. The third-order valence-corrected chi connectivity index (χ3v) is 5.04. The fourth-order valence-corrected chi connectivity index (χ4v) is 3.52. The van der Waals surface area contributed by atoms with Crippen LogP contribution in [0, 0.1) is 0 Å². The average Bonchev–Trinajstić information content (AvgIpc) is 2.99. The Morgan fingerprint density at radius 3 is 2.71 bits per heavy atom. The first kappa shape index (κ1) is 15.7. The second kappa shape index (κ2) is 6.84. The minimum absolute atomic E-state index is 0.0859. The summed E-state index contributed by atoms with van der Waals surface area (Å²) in [5, 5.41) is 4.53. The molecule has 112 valence electrons. The first-order valence-corrected chi connectivity index (χ1v) is 8.79. The molecule has 0 radical (unpaired) electrons. The van der Waals surface area contributed by atoms with E-state index in [1.54, 1.807) is 19.1 Å². The van der Waals surface area contributed by atoms with E-state index in [4.69, 9.17) is 0 Å². The first-order chi connectivity index (χ1) is 10.0. The van der Waals surface area contributed by atoms with Crippen molar-refractivity contribution < 1.29 is 13.2 Å². The van der Waals surface area contributed by atoms with E-state index < -0.39 is 10.0 Å². The van der Waals surface area contributed by atoms with E-state index >= 15 is 0 Å². The van der Waals surface area contributed by atoms with Gasteiger partial charge in [0.05, 0.1) is 4.90 Å². The lowest BCUT2D eigenvalue weighted by Crippen LogP contribution is -2.25. The Kier molecular flexibility index (Phi) is 5.11. The summed E-state index contributed by atoms with van der Waals surface area (Å²) in [5.41, 5.74) is 0.329. The van der Waals surface area contributed by atoms with Crippen LogP contribution in [0.5, 0.6) is 0 Å². The molecule has 1 heterocycles. The zero-order valence-corrected chi connectivity index (χ0v) is 13.1. The summed E-state index contributed by atoms with van der Waals surface area (Å²) in [7, 11) is -3.63. The summed E-state index contributed by atoms with van der Waals surface area (Å²) in [6, 6.07) is 9.72. The molecule has 0 aliphatic rings. The normalized spacial score (nSPS) is 11.3. The predicted octanol–water partition coefficient (Wildman–Crippen LogP) is 1.98. The van der Waals surface area contributed by atoms with Crippen LogP contribution in [0.2, 0.25) is 0 Å². The molecule has 0 unspecified atom stereocenters. The molecule has 1 aromatic heterocycles. The third-order valence-electron chi connectivity index (χ3n) is 2.76. The maximum absolute atomic E-state index is 12.2. The van der Waals surface area contributed by atoms with Gasteiger partial charge in [-0.25, -0.2) is 13.1 Å².